The largest absolute Gasteiger partial charge is 0.334 e. The molecule has 0 N–H and O–H groups in total. The quantitative estimate of drug-likeness (QED) is 0.487. The van der Waals surface area contributed by atoms with Gasteiger partial charge in [-0.05, 0) is 26.0 Å². The Bertz CT molecular complexity index is 1050. The molecule has 4 aromatic rings. The molecule has 2 aromatic carbocycles. The van der Waals surface area contributed by atoms with Crippen LogP contribution in [0.2, 0.25) is 0 Å². The number of benzene rings is 2. The molecule has 3 heteroatoms. The minimum atomic E-state index is -0.296. The third-order valence-electron chi connectivity index (χ3n) is 5.01. The van der Waals surface area contributed by atoms with Crippen LogP contribution in [0.15, 0.2) is 85.1 Å². The Morgan fingerprint density at radius 2 is 1.30 bits per heavy atom. The number of rotatable bonds is 4. The molecule has 0 aliphatic heterocycles. The summed E-state index contributed by atoms with van der Waals surface area (Å²) in [6.07, 6.45) is 2.11. The highest BCUT2D eigenvalue weighted by Gasteiger charge is 2.29. The summed E-state index contributed by atoms with van der Waals surface area (Å²) in [5.41, 5.74) is 4.97. The van der Waals surface area contributed by atoms with Crippen LogP contribution in [0.1, 0.15) is 25.2 Å². The molecule has 0 amide bonds. The summed E-state index contributed by atoms with van der Waals surface area (Å²) in [5, 5.41) is 0. The van der Waals surface area contributed by atoms with E-state index in [9.17, 15) is 0 Å². The fraction of sp³-hybridized carbons (Fsp3) is 0.167. The molecule has 134 valence electrons. The zero-order chi connectivity index (χ0) is 18.9. The van der Waals surface area contributed by atoms with Gasteiger partial charge >= 0.3 is 0 Å². The number of imidazole rings is 1. The van der Waals surface area contributed by atoms with Crippen molar-refractivity contribution in [2.45, 2.75) is 19.3 Å². The van der Waals surface area contributed by atoms with Crippen LogP contribution < -0.4 is 0 Å². The number of hydrogen-bond donors (Lipinski definition) is 0. The van der Waals surface area contributed by atoms with Crippen molar-refractivity contribution in [3.05, 3.63) is 96.4 Å². The molecule has 0 radical (unpaired) electrons. The predicted molar refractivity (Wildman–Crippen MR) is 110 cm³/mol. The van der Waals surface area contributed by atoms with Crippen molar-refractivity contribution in [1.29, 1.82) is 0 Å². The Morgan fingerprint density at radius 1 is 0.667 bits per heavy atom. The third-order valence-corrected chi connectivity index (χ3v) is 5.01. The van der Waals surface area contributed by atoms with E-state index in [1.807, 2.05) is 43.4 Å². The zero-order valence-corrected chi connectivity index (χ0v) is 15.9. The molecule has 2 aromatic heterocycles. The van der Waals surface area contributed by atoms with Crippen LogP contribution in [-0.4, -0.2) is 14.5 Å². The summed E-state index contributed by atoms with van der Waals surface area (Å²) in [5.74, 6) is 0.970. The second-order valence-electron chi connectivity index (χ2n) is 7.33. The van der Waals surface area contributed by atoms with Crippen LogP contribution in [0.4, 0.5) is 0 Å². The van der Waals surface area contributed by atoms with E-state index in [4.69, 9.17) is 9.97 Å². The van der Waals surface area contributed by atoms with Crippen molar-refractivity contribution in [3.63, 3.8) is 0 Å². The molecule has 2 heterocycles. The van der Waals surface area contributed by atoms with E-state index in [1.165, 1.54) is 0 Å². The minimum absolute atomic E-state index is 0.296. The molecule has 3 nitrogen and oxygen atoms in total. The summed E-state index contributed by atoms with van der Waals surface area (Å²) >= 11 is 0. The standard InChI is InChI=1S/C24H23N3/c1-24(2,21-16-10-15-20(25-21)18-11-6-4-7-12-18)22-17-27(3)23(26-22)19-13-8-5-9-14-19/h4-17H,1-3H3. The molecule has 27 heavy (non-hydrogen) atoms. The molecular weight excluding hydrogens is 330 g/mol. The van der Waals surface area contributed by atoms with Crippen molar-refractivity contribution in [3.8, 4) is 22.6 Å². The smallest absolute Gasteiger partial charge is 0.140 e. The van der Waals surface area contributed by atoms with Gasteiger partial charge in [0.1, 0.15) is 5.82 Å². The highest BCUT2D eigenvalue weighted by atomic mass is 15.1. The van der Waals surface area contributed by atoms with Gasteiger partial charge in [0.25, 0.3) is 0 Å². The maximum atomic E-state index is 4.95. The van der Waals surface area contributed by atoms with Gasteiger partial charge in [-0.25, -0.2) is 4.98 Å². The lowest BCUT2D eigenvalue weighted by atomic mass is 9.85. The second-order valence-corrected chi connectivity index (χ2v) is 7.33. The molecule has 4 rings (SSSR count). The Hall–Kier alpha value is -3.20. The van der Waals surface area contributed by atoms with E-state index >= 15 is 0 Å². The van der Waals surface area contributed by atoms with Gasteiger partial charge in [-0.15, -0.1) is 0 Å². The lowest BCUT2D eigenvalue weighted by molar-refractivity contribution is 0.599. The number of aryl methyl sites for hydroxylation is 1. The first-order chi connectivity index (χ1) is 13.1. The first-order valence-corrected chi connectivity index (χ1v) is 9.18. The maximum Gasteiger partial charge on any atom is 0.140 e. The van der Waals surface area contributed by atoms with Gasteiger partial charge in [-0.2, -0.15) is 0 Å². The van der Waals surface area contributed by atoms with Crippen molar-refractivity contribution >= 4 is 0 Å². The Morgan fingerprint density at radius 3 is 1.96 bits per heavy atom. The first kappa shape index (κ1) is 17.2. The van der Waals surface area contributed by atoms with E-state index in [0.717, 1.165) is 34.0 Å². The van der Waals surface area contributed by atoms with Crippen LogP contribution in [-0.2, 0) is 12.5 Å². The molecule has 0 atom stereocenters. The highest BCUT2D eigenvalue weighted by molar-refractivity contribution is 5.60. The third kappa shape index (κ3) is 3.28. The zero-order valence-electron chi connectivity index (χ0n) is 15.9. The highest BCUT2D eigenvalue weighted by Crippen LogP contribution is 2.32. The summed E-state index contributed by atoms with van der Waals surface area (Å²) in [6.45, 7) is 4.36. The topological polar surface area (TPSA) is 30.7 Å². The van der Waals surface area contributed by atoms with Crippen LogP contribution in [0, 0.1) is 0 Å². The lowest BCUT2D eigenvalue weighted by Crippen LogP contribution is -2.21. The van der Waals surface area contributed by atoms with Gasteiger partial charge in [0, 0.05) is 24.4 Å². The Labute approximate surface area is 160 Å². The van der Waals surface area contributed by atoms with Crippen LogP contribution in [0.3, 0.4) is 0 Å². The number of nitrogens with zero attached hydrogens (tertiary/aromatic N) is 3. The summed E-state index contributed by atoms with van der Waals surface area (Å²) in [4.78, 5) is 9.91. The van der Waals surface area contributed by atoms with E-state index in [-0.39, 0.29) is 5.41 Å². The Balaban J connectivity index is 1.74. The van der Waals surface area contributed by atoms with E-state index in [2.05, 4.69) is 67.1 Å². The molecule has 0 bridgehead atoms. The van der Waals surface area contributed by atoms with Gasteiger partial charge in [-0.1, -0.05) is 66.7 Å². The molecule has 0 fully saturated rings. The average molecular weight is 353 g/mol. The number of hydrogen-bond acceptors (Lipinski definition) is 2. The average Bonchev–Trinajstić information content (AvgIpc) is 3.12. The summed E-state index contributed by atoms with van der Waals surface area (Å²) < 4.78 is 2.09. The van der Waals surface area contributed by atoms with Gasteiger partial charge in [0.15, 0.2) is 0 Å². The molecule has 0 saturated carbocycles. The molecule has 0 saturated heterocycles. The lowest BCUT2D eigenvalue weighted by Gasteiger charge is -2.22. The maximum absolute atomic E-state index is 4.95. The van der Waals surface area contributed by atoms with Crippen molar-refractivity contribution < 1.29 is 0 Å². The normalized spacial score (nSPS) is 11.5. The monoisotopic (exact) mass is 353 g/mol. The van der Waals surface area contributed by atoms with Crippen molar-refractivity contribution in [2.75, 3.05) is 0 Å². The fourth-order valence-electron chi connectivity index (χ4n) is 3.31. The van der Waals surface area contributed by atoms with Gasteiger partial charge in [0.05, 0.1) is 22.5 Å². The van der Waals surface area contributed by atoms with Gasteiger partial charge < -0.3 is 4.57 Å². The van der Waals surface area contributed by atoms with Crippen LogP contribution >= 0.6 is 0 Å². The van der Waals surface area contributed by atoms with Crippen LogP contribution in [0.25, 0.3) is 22.6 Å². The first-order valence-electron chi connectivity index (χ1n) is 9.18. The summed E-state index contributed by atoms with van der Waals surface area (Å²) in [7, 11) is 2.04. The van der Waals surface area contributed by atoms with E-state index in [1.54, 1.807) is 0 Å². The van der Waals surface area contributed by atoms with Crippen molar-refractivity contribution in [2.24, 2.45) is 7.05 Å². The van der Waals surface area contributed by atoms with Crippen LogP contribution in [0.5, 0.6) is 0 Å². The number of aromatic nitrogens is 3. The molecule has 0 aliphatic rings. The summed E-state index contributed by atoms with van der Waals surface area (Å²) in [6, 6.07) is 26.8. The van der Waals surface area contributed by atoms with E-state index < -0.39 is 0 Å². The minimum Gasteiger partial charge on any atom is -0.334 e. The van der Waals surface area contributed by atoms with Gasteiger partial charge in [0.2, 0.25) is 0 Å². The molecule has 0 unspecified atom stereocenters. The van der Waals surface area contributed by atoms with E-state index in [0.29, 0.717) is 0 Å². The Kier molecular flexibility index (Phi) is 4.36. The molecule has 0 spiro atoms. The molecular formula is C24H23N3. The predicted octanol–water partition coefficient (Wildman–Crippen LogP) is 5.48. The van der Waals surface area contributed by atoms with Crippen molar-refractivity contribution in [1.82, 2.24) is 14.5 Å². The van der Waals surface area contributed by atoms with Gasteiger partial charge in [-0.3, -0.25) is 4.98 Å². The fourth-order valence-corrected chi connectivity index (χ4v) is 3.31. The number of pyridine rings is 1. The molecule has 0 aliphatic carbocycles. The SMILES string of the molecule is Cn1cc(C(C)(C)c2cccc(-c3ccccc3)n2)nc1-c1ccccc1. The second kappa shape index (κ2) is 6.84.